The standard InChI is InChI=1S/C20H22O3S/c1-11-17-12(9-13-18(17)20(13,2)3)19(24-11)14(21)10-23-16-8-6-5-7-15(16)22-4/h5-8,13,18H,9-10H2,1-4H3/t13-,18-/m1/s1. The Balaban J connectivity index is 1.53. The molecule has 0 amide bonds. The Morgan fingerprint density at radius 1 is 1.29 bits per heavy atom. The highest BCUT2D eigenvalue weighted by Gasteiger charge is 2.63. The van der Waals surface area contributed by atoms with E-state index in [0.29, 0.717) is 22.8 Å². The van der Waals surface area contributed by atoms with Crippen LogP contribution in [-0.4, -0.2) is 19.5 Å². The number of aryl methyl sites for hydroxylation is 1. The fourth-order valence-electron chi connectivity index (χ4n) is 4.30. The van der Waals surface area contributed by atoms with E-state index in [-0.39, 0.29) is 12.4 Å². The SMILES string of the molecule is COc1ccccc1OCC(=O)c1sc(C)c2c1C[C@@H]1[C@H]2C1(C)C. The third-order valence-corrected chi connectivity index (χ3v) is 6.90. The molecule has 1 heterocycles. The second-order valence-corrected chi connectivity index (χ2v) is 8.58. The first-order valence-corrected chi connectivity index (χ1v) is 9.18. The van der Waals surface area contributed by atoms with E-state index >= 15 is 0 Å². The average molecular weight is 342 g/mol. The van der Waals surface area contributed by atoms with Crippen LogP contribution in [0.1, 0.15) is 45.4 Å². The van der Waals surface area contributed by atoms with Crippen LogP contribution in [0.3, 0.4) is 0 Å². The van der Waals surface area contributed by atoms with Gasteiger partial charge in [0, 0.05) is 4.88 Å². The summed E-state index contributed by atoms with van der Waals surface area (Å²) in [7, 11) is 1.60. The molecule has 2 aliphatic carbocycles. The van der Waals surface area contributed by atoms with E-state index in [1.807, 2.05) is 24.3 Å². The minimum Gasteiger partial charge on any atom is -0.493 e. The number of fused-ring (bicyclic) bond motifs is 3. The van der Waals surface area contributed by atoms with Crippen molar-refractivity contribution in [1.29, 1.82) is 0 Å². The fraction of sp³-hybridized carbons (Fsp3) is 0.450. The molecule has 1 aromatic carbocycles. The molecule has 3 nitrogen and oxygen atoms in total. The Morgan fingerprint density at radius 2 is 2.00 bits per heavy atom. The van der Waals surface area contributed by atoms with Crippen LogP contribution in [0.5, 0.6) is 11.5 Å². The molecule has 4 rings (SSSR count). The first-order valence-electron chi connectivity index (χ1n) is 8.36. The summed E-state index contributed by atoms with van der Waals surface area (Å²) in [6.07, 6.45) is 1.05. The molecule has 1 saturated carbocycles. The number of methoxy groups -OCH3 is 1. The molecule has 0 unspecified atom stereocenters. The van der Waals surface area contributed by atoms with Gasteiger partial charge >= 0.3 is 0 Å². The molecule has 0 saturated heterocycles. The number of ether oxygens (including phenoxy) is 2. The lowest BCUT2D eigenvalue weighted by atomic mass is 9.95. The van der Waals surface area contributed by atoms with Crippen molar-refractivity contribution in [3.63, 3.8) is 0 Å². The predicted octanol–water partition coefficient (Wildman–Crippen LogP) is 4.62. The molecule has 0 bridgehead atoms. The van der Waals surface area contributed by atoms with E-state index in [1.54, 1.807) is 18.4 Å². The molecule has 0 aliphatic heterocycles. The highest BCUT2D eigenvalue weighted by molar-refractivity contribution is 7.14. The van der Waals surface area contributed by atoms with Crippen LogP contribution in [0.25, 0.3) is 0 Å². The number of hydrogen-bond acceptors (Lipinski definition) is 4. The maximum absolute atomic E-state index is 12.7. The lowest BCUT2D eigenvalue weighted by Gasteiger charge is -2.11. The molecule has 24 heavy (non-hydrogen) atoms. The number of carbonyl (C=O) groups is 1. The number of thiophene rings is 1. The normalized spacial score (nSPS) is 22.7. The Kier molecular flexibility index (Phi) is 3.50. The molecule has 126 valence electrons. The van der Waals surface area contributed by atoms with Crippen LogP contribution in [0.15, 0.2) is 24.3 Å². The number of ketones is 1. The molecule has 2 atom stereocenters. The zero-order valence-electron chi connectivity index (χ0n) is 14.5. The summed E-state index contributed by atoms with van der Waals surface area (Å²) in [5.41, 5.74) is 3.16. The molecule has 1 fully saturated rings. The molecule has 2 aliphatic rings. The van der Waals surface area contributed by atoms with Crippen LogP contribution in [0.2, 0.25) is 0 Å². The van der Waals surface area contributed by atoms with Gasteiger partial charge in [0.1, 0.15) is 0 Å². The van der Waals surface area contributed by atoms with Gasteiger partial charge in [0.05, 0.1) is 12.0 Å². The monoisotopic (exact) mass is 342 g/mol. The zero-order valence-corrected chi connectivity index (χ0v) is 15.3. The van der Waals surface area contributed by atoms with E-state index in [2.05, 4.69) is 20.8 Å². The average Bonchev–Trinajstić information content (AvgIpc) is 2.92. The van der Waals surface area contributed by atoms with Gasteiger partial charge in [0.25, 0.3) is 0 Å². The van der Waals surface area contributed by atoms with Crippen molar-refractivity contribution in [2.24, 2.45) is 11.3 Å². The Hall–Kier alpha value is -1.81. The summed E-state index contributed by atoms with van der Waals surface area (Å²) in [5.74, 6) is 2.72. The van der Waals surface area contributed by atoms with Gasteiger partial charge in [-0.15, -0.1) is 11.3 Å². The first kappa shape index (κ1) is 15.7. The van der Waals surface area contributed by atoms with Crippen LogP contribution in [0.4, 0.5) is 0 Å². The predicted molar refractivity (Wildman–Crippen MR) is 95.6 cm³/mol. The summed E-state index contributed by atoms with van der Waals surface area (Å²) < 4.78 is 11.0. The summed E-state index contributed by atoms with van der Waals surface area (Å²) in [6, 6.07) is 7.43. The molecule has 0 radical (unpaired) electrons. The van der Waals surface area contributed by atoms with Crippen molar-refractivity contribution in [1.82, 2.24) is 0 Å². The smallest absolute Gasteiger partial charge is 0.210 e. The summed E-state index contributed by atoms with van der Waals surface area (Å²) in [6.45, 7) is 6.90. The van der Waals surface area contributed by atoms with Gasteiger partial charge in [-0.25, -0.2) is 0 Å². The van der Waals surface area contributed by atoms with E-state index in [0.717, 1.165) is 17.2 Å². The van der Waals surface area contributed by atoms with Gasteiger partial charge in [0.2, 0.25) is 5.78 Å². The van der Waals surface area contributed by atoms with Crippen molar-refractivity contribution < 1.29 is 14.3 Å². The van der Waals surface area contributed by atoms with Crippen molar-refractivity contribution in [3.8, 4) is 11.5 Å². The van der Waals surface area contributed by atoms with Crippen LogP contribution < -0.4 is 9.47 Å². The number of Topliss-reactive ketones (excluding diaryl/α,β-unsaturated/α-hetero) is 1. The maximum atomic E-state index is 12.7. The van der Waals surface area contributed by atoms with Crippen LogP contribution in [0, 0.1) is 18.3 Å². The molecule has 1 aromatic heterocycles. The topological polar surface area (TPSA) is 35.5 Å². The van der Waals surface area contributed by atoms with Gasteiger partial charge < -0.3 is 9.47 Å². The largest absolute Gasteiger partial charge is 0.493 e. The Morgan fingerprint density at radius 3 is 2.71 bits per heavy atom. The van der Waals surface area contributed by atoms with Crippen molar-refractivity contribution in [2.75, 3.05) is 13.7 Å². The minimum atomic E-state index is 0.0610. The van der Waals surface area contributed by atoms with E-state index in [1.165, 1.54) is 16.0 Å². The molecule has 0 N–H and O–H groups in total. The number of rotatable bonds is 5. The van der Waals surface area contributed by atoms with Gasteiger partial charge in [-0.1, -0.05) is 26.0 Å². The zero-order chi connectivity index (χ0) is 17.1. The highest BCUT2D eigenvalue weighted by atomic mass is 32.1. The highest BCUT2D eigenvalue weighted by Crippen LogP contribution is 2.71. The van der Waals surface area contributed by atoms with Gasteiger partial charge in [0.15, 0.2) is 18.1 Å². The van der Waals surface area contributed by atoms with E-state index in [9.17, 15) is 4.79 Å². The maximum Gasteiger partial charge on any atom is 0.210 e. The summed E-state index contributed by atoms with van der Waals surface area (Å²) in [5, 5.41) is 0. The summed E-state index contributed by atoms with van der Waals surface area (Å²) in [4.78, 5) is 14.9. The molecule has 2 aromatic rings. The fourth-order valence-corrected chi connectivity index (χ4v) is 5.46. The number of benzene rings is 1. The van der Waals surface area contributed by atoms with Gasteiger partial charge in [-0.3, -0.25) is 4.79 Å². The van der Waals surface area contributed by atoms with Crippen LogP contribution in [-0.2, 0) is 6.42 Å². The Bertz CT molecular complexity index is 818. The third-order valence-electron chi connectivity index (χ3n) is 5.70. The van der Waals surface area contributed by atoms with E-state index < -0.39 is 0 Å². The second-order valence-electron chi connectivity index (χ2n) is 7.35. The van der Waals surface area contributed by atoms with Gasteiger partial charge in [-0.2, -0.15) is 0 Å². The third kappa shape index (κ3) is 2.20. The lowest BCUT2D eigenvalue weighted by molar-refractivity contribution is 0.0922. The number of hydrogen-bond donors (Lipinski definition) is 0. The summed E-state index contributed by atoms with van der Waals surface area (Å²) >= 11 is 1.64. The van der Waals surface area contributed by atoms with Crippen molar-refractivity contribution >= 4 is 17.1 Å². The first-order chi connectivity index (χ1) is 11.4. The Labute approximate surface area is 146 Å². The van der Waals surface area contributed by atoms with Crippen molar-refractivity contribution in [3.05, 3.63) is 45.1 Å². The number of para-hydroxylation sites is 2. The molecular weight excluding hydrogens is 320 g/mol. The number of carbonyl (C=O) groups excluding carboxylic acids is 1. The minimum absolute atomic E-state index is 0.0610. The van der Waals surface area contributed by atoms with E-state index in [4.69, 9.17) is 9.47 Å². The van der Waals surface area contributed by atoms with Gasteiger partial charge in [-0.05, 0) is 53.9 Å². The molecule has 4 heteroatoms. The second kappa shape index (κ2) is 5.35. The van der Waals surface area contributed by atoms with Crippen LogP contribution >= 0.6 is 11.3 Å². The molecular formula is C20H22O3S. The van der Waals surface area contributed by atoms with Crippen molar-refractivity contribution in [2.45, 2.75) is 33.1 Å². The quantitative estimate of drug-likeness (QED) is 0.744. The lowest BCUT2D eigenvalue weighted by Crippen LogP contribution is -2.13. The molecule has 0 spiro atoms.